The largest absolute Gasteiger partial charge is 0.453 e. The maximum Gasteiger partial charge on any atom is 0.406 e. The highest BCUT2D eigenvalue weighted by atomic mass is 35.5. The van der Waals surface area contributed by atoms with Crippen molar-refractivity contribution in [3.05, 3.63) is 93.5 Å². The molecule has 2 aliphatic rings. The number of nitrogens with one attached hydrogen (secondary N) is 2. The van der Waals surface area contributed by atoms with Crippen molar-refractivity contribution in [1.29, 1.82) is 0 Å². The number of hydrogen-bond acceptors (Lipinski definition) is 4. The van der Waals surface area contributed by atoms with Crippen LogP contribution >= 0.6 is 11.6 Å². The highest BCUT2D eigenvalue weighted by Crippen LogP contribution is 2.64. The number of amides is 2. The third-order valence-corrected chi connectivity index (χ3v) is 9.52. The summed E-state index contributed by atoms with van der Waals surface area (Å²) in [6.07, 6.45) is 2.88. The highest BCUT2D eigenvalue weighted by molar-refractivity contribution is 6.33. The number of hydrogen-bond donors (Lipinski definition) is 3. The highest BCUT2D eigenvalue weighted by Gasteiger charge is 2.64. The number of likely N-dealkylation sites (tertiary alicyclic amines) is 1. The van der Waals surface area contributed by atoms with Gasteiger partial charge in [-0.2, -0.15) is 0 Å². The van der Waals surface area contributed by atoms with Crippen LogP contribution in [0, 0.1) is 0 Å². The third kappa shape index (κ3) is 5.78. The summed E-state index contributed by atoms with van der Waals surface area (Å²) in [4.78, 5) is 28.8. The average molecular weight is 605 g/mol. The molecule has 1 heterocycles. The lowest BCUT2D eigenvalue weighted by Crippen LogP contribution is -3.04. The van der Waals surface area contributed by atoms with E-state index in [0.717, 1.165) is 48.1 Å². The molecule has 1 aliphatic heterocycles. The number of ether oxygens (including phenoxy) is 1. The fourth-order valence-corrected chi connectivity index (χ4v) is 7.41. The standard InChI is InChI=1S/C35H42ClN3O4/c1-5-24-9-6-10-27(21-24)30-29(36)16-15-28-31(30)35(42,18-7-19-37-33(41)43-4)34(28)17-8-20-39(23-34)32(40)26-13-11-25(12-14-26)22-38(2)3/h6,9-16,21,42H,5,7-8,17-20,22-23H2,1-4H3,(H,37,41)/p+1/t34-,35?/m1/s1. The van der Waals surface area contributed by atoms with Gasteiger partial charge in [0, 0.05) is 46.8 Å². The van der Waals surface area contributed by atoms with Crippen LogP contribution in [0.1, 0.15) is 65.2 Å². The number of piperidine rings is 1. The van der Waals surface area contributed by atoms with Gasteiger partial charge in [0.15, 0.2) is 0 Å². The van der Waals surface area contributed by atoms with Crippen molar-refractivity contribution < 1.29 is 24.3 Å². The van der Waals surface area contributed by atoms with Crippen molar-refractivity contribution in [2.24, 2.45) is 0 Å². The summed E-state index contributed by atoms with van der Waals surface area (Å²) in [7, 11) is 5.55. The second-order valence-electron chi connectivity index (χ2n) is 12.3. The molecule has 8 heteroatoms. The summed E-state index contributed by atoms with van der Waals surface area (Å²) in [6.45, 7) is 4.43. The maximum atomic E-state index is 13.8. The normalized spacial score (nSPS) is 21.0. The van der Waals surface area contributed by atoms with Crippen molar-refractivity contribution in [3.63, 3.8) is 0 Å². The number of carbonyl (C=O) groups excluding carboxylic acids is 2. The Morgan fingerprint density at radius 1 is 1.09 bits per heavy atom. The monoisotopic (exact) mass is 604 g/mol. The van der Waals surface area contributed by atoms with Crippen LogP contribution in [0.3, 0.4) is 0 Å². The van der Waals surface area contributed by atoms with E-state index in [2.05, 4.69) is 38.5 Å². The number of carbonyl (C=O) groups is 2. The van der Waals surface area contributed by atoms with Crippen molar-refractivity contribution in [2.75, 3.05) is 40.8 Å². The van der Waals surface area contributed by atoms with Crippen LogP contribution in [0.4, 0.5) is 4.79 Å². The number of fused-ring (bicyclic) bond motifs is 2. The molecule has 0 bridgehead atoms. The molecular weight excluding hydrogens is 562 g/mol. The molecule has 5 rings (SSSR count). The number of benzene rings is 3. The minimum atomic E-state index is -1.24. The van der Waals surface area contributed by atoms with Crippen LogP contribution in [0.2, 0.25) is 5.02 Å². The van der Waals surface area contributed by atoms with Crippen LogP contribution in [0.5, 0.6) is 0 Å². The number of alkyl carbamates (subject to hydrolysis) is 1. The van der Waals surface area contributed by atoms with Crippen LogP contribution in [0.25, 0.3) is 11.1 Å². The zero-order valence-electron chi connectivity index (χ0n) is 25.6. The summed E-state index contributed by atoms with van der Waals surface area (Å²) in [5.74, 6) is -0.0178. The van der Waals surface area contributed by atoms with E-state index < -0.39 is 17.1 Å². The second kappa shape index (κ2) is 12.7. The van der Waals surface area contributed by atoms with Crippen molar-refractivity contribution in [2.45, 2.75) is 56.6 Å². The Kier molecular flexibility index (Phi) is 9.16. The minimum absolute atomic E-state index is 0.0178. The molecule has 43 heavy (non-hydrogen) atoms. The van der Waals surface area contributed by atoms with Gasteiger partial charge in [-0.15, -0.1) is 0 Å². The van der Waals surface area contributed by atoms with E-state index >= 15 is 0 Å². The van der Waals surface area contributed by atoms with E-state index in [4.69, 9.17) is 16.3 Å². The summed E-state index contributed by atoms with van der Waals surface area (Å²) < 4.78 is 4.74. The first-order chi connectivity index (χ1) is 20.6. The topological polar surface area (TPSA) is 83.3 Å². The lowest BCUT2D eigenvalue weighted by Gasteiger charge is -2.62. The molecule has 2 amide bonds. The van der Waals surface area contributed by atoms with Crippen LogP contribution in [0.15, 0.2) is 60.7 Å². The predicted molar refractivity (Wildman–Crippen MR) is 170 cm³/mol. The van der Waals surface area contributed by atoms with Gasteiger partial charge >= 0.3 is 6.09 Å². The number of aryl methyl sites for hydroxylation is 1. The molecule has 1 saturated heterocycles. The molecule has 1 aliphatic carbocycles. The third-order valence-electron chi connectivity index (χ3n) is 9.21. The first-order valence-corrected chi connectivity index (χ1v) is 15.7. The summed E-state index contributed by atoms with van der Waals surface area (Å²) in [5, 5.41) is 16.1. The number of methoxy groups -OCH3 is 1. The van der Waals surface area contributed by atoms with E-state index in [9.17, 15) is 14.7 Å². The lowest BCUT2D eigenvalue weighted by molar-refractivity contribution is -0.872. The molecule has 7 nitrogen and oxygen atoms in total. The molecule has 1 spiro atoms. The number of quaternary nitrogens is 1. The second-order valence-corrected chi connectivity index (χ2v) is 12.7. The number of aliphatic hydroxyl groups is 1. The van der Waals surface area contributed by atoms with Crippen molar-refractivity contribution >= 4 is 23.6 Å². The molecule has 1 fully saturated rings. The Morgan fingerprint density at radius 3 is 2.56 bits per heavy atom. The Bertz CT molecular complexity index is 1490. The van der Waals surface area contributed by atoms with E-state index in [1.807, 2.05) is 53.4 Å². The Morgan fingerprint density at radius 2 is 1.86 bits per heavy atom. The lowest BCUT2D eigenvalue weighted by atomic mass is 9.47. The summed E-state index contributed by atoms with van der Waals surface area (Å²) in [6, 6.07) is 20.2. The predicted octanol–water partition coefficient (Wildman–Crippen LogP) is 4.73. The van der Waals surface area contributed by atoms with Crippen molar-refractivity contribution in [1.82, 2.24) is 10.2 Å². The molecule has 0 aromatic heterocycles. The van der Waals surface area contributed by atoms with Gasteiger partial charge in [0.05, 0.1) is 21.2 Å². The van der Waals surface area contributed by atoms with Gasteiger partial charge in [-0.25, -0.2) is 4.79 Å². The first-order valence-electron chi connectivity index (χ1n) is 15.3. The van der Waals surface area contributed by atoms with Gasteiger partial charge in [-0.3, -0.25) is 4.79 Å². The summed E-state index contributed by atoms with van der Waals surface area (Å²) >= 11 is 6.89. The van der Waals surface area contributed by atoms with E-state index in [-0.39, 0.29) is 5.91 Å². The first kappa shape index (κ1) is 31.0. The SMILES string of the molecule is CCc1cccc(-c2c(Cl)ccc3c2C(O)(CCCNC(=O)OC)[C@@]32CCCN(C(=O)c3ccc(C[NH+](C)C)cc3)C2)c1. The van der Waals surface area contributed by atoms with E-state index in [1.165, 1.54) is 23.1 Å². The molecule has 1 unspecified atom stereocenters. The molecule has 3 N–H and O–H groups in total. The zero-order chi connectivity index (χ0) is 30.8. The van der Waals surface area contributed by atoms with E-state index in [1.54, 1.807) is 0 Å². The molecular formula is C35H43ClN3O4+. The van der Waals surface area contributed by atoms with Gasteiger partial charge < -0.3 is 25.0 Å². The van der Waals surface area contributed by atoms with Gasteiger partial charge in [0.2, 0.25) is 0 Å². The Labute approximate surface area is 259 Å². The Hall–Kier alpha value is -3.39. The van der Waals surface area contributed by atoms with Crippen molar-refractivity contribution in [3.8, 4) is 11.1 Å². The molecule has 2 atom stereocenters. The molecule has 0 radical (unpaired) electrons. The average Bonchev–Trinajstić information content (AvgIpc) is 3.02. The maximum absolute atomic E-state index is 13.8. The fourth-order valence-electron chi connectivity index (χ4n) is 7.15. The van der Waals surface area contributed by atoms with Crippen LogP contribution < -0.4 is 10.2 Å². The minimum Gasteiger partial charge on any atom is -0.453 e. The summed E-state index contributed by atoms with van der Waals surface area (Å²) in [5.41, 5.74) is 4.89. The van der Waals surface area contributed by atoms with Gasteiger partial charge in [-0.1, -0.05) is 61.0 Å². The van der Waals surface area contributed by atoms with Crippen LogP contribution in [-0.4, -0.2) is 62.8 Å². The molecule has 0 saturated carbocycles. The number of rotatable bonds is 9. The quantitative estimate of drug-likeness (QED) is 0.309. The molecule has 228 valence electrons. The smallest absolute Gasteiger partial charge is 0.406 e. The van der Waals surface area contributed by atoms with Gasteiger partial charge in [-0.05, 0) is 72.6 Å². The molecule has 3 aromatic rings. The van der Waals surface area contributed by atoms with E-state index in [0.29, 0.717) is 43.1 Å². The Balaban J connectivity index is 1.52. The number of nitrogens with zero attached hydrogens (tertiary/aromatic N) is 1. The molecule has 3 aromatic carbocycles. The van der Waals surface area contributed by atoms with Crippen LogP contribution in [-0.2, 0) is 28.7 Å². The van der Waals surface area contributed by atoms with Gasteiger partial charge in [0.25, 0.3) is 5.91 Å². The fraction of sp³-hybridized carbons (Fsp3) is 0.429. The number of halogens is 1. The van der Waals surface area contributed by atoms with Gasteiger partial charge in [0.1, 0.15) is 12.1 Å². The zero-order valence-corrected chi connectivity index (χ0v) is 26.4.